The molecule has 0 N–H and O–H groups in total. The molecule has 2 aromatic rings. The van der Waals surface area contributed by atoms with E-state index in [0.717, 1.165) is 33.7 Å². The maximum absolute atomic E-state index is 13.3. The maximum Gasteiger partial charge on any atom is 0.131 e. The lowest BCUT2D eigenvalue weighted by Gasteiger charge is -2.09. The molecule has 2 rings (SSSR count). The predicted molar refractivity (Wildman–Crippen MR) is 110 cm³/mol. The summed E-state index contributed by atoms with van der Waals surface area (Å²) in [6.07, 6.45) is 7.95. The summed E-state index contributed by atoms with van der Waals surface area (Å²) in [4.78, 5) is 4.23. The van der Waals surface area contributed by atoms with Gasteiger partial charge in [-0.25, -0.2) is 9.07 Å². The van der Waals surface area contributed by atoms with Gasteiger partial charge in [0.2, 0.25) is 0 Å². The summed E-state index contributed by atoms with van der Waals surface area (Å²) in [5.74, 6) is 0. The summed E-state index contributed by atoms with van der Waals surface area (Å²) >= 11 is 0. The van der Waals surface area contributed by atoms with Crippen LogP contribution in [0.1, 0.15) is 32.9 Å². The molecule has 2 heterocycles. The highest BCUT2D eigenvalue weighted by molar-refractivity contribution is 5.66. The molecule has 0 saturated carbocycles. The van der Waals surface area contributed by atoms with Crippen LogP contribution in [0.15, 0.2) is 47.1 Å². The zero-order chi connectivity index (χ0) is 20.7. The summed E-state index contributed by atoms with van der Waals surface area (Å²) in [6, 6.07) is 3.80. The van der Waals surface area contributed by atoms with Crippen molar-refractivity contribution < 1.29 is 8.78 Å². The lowest BCUT2D eigenvalue weighted by molar-refractivity contribution is 0.430. The average Bonchev–Trinajstić information content (AvgIpc) is 3.03. The third-order valence-electron chi connectivity index (χ3n) is 4.15. The first-order valence-corrected chi connectivity index (χ1v) is 9.19. The maximum atomic E-state index is 13.3. The molecule has 150 valence electrons. The van der Waals surface area contributed by atoms with E-state index in [-0.39, 0.29) is 0 Å². The molecule has 7 heteroatoms. The van der Waals surface area contributed by atoms with Gasteiger partial charge in [-0.15, -0.1) is 5.10 Å². The number of hydrogen-bond donors (Lipinski definition) is 0. The molecule has 0 aliphatic heterocycles. The number of nitrogens with zero attached hydrogens (tertiary/aromatic N) is 5. The first-order chi connectivity index (χ1) is 13.4. The minimum atomic E-state index is -1.04. The van der Waals surface area contributed by atoms with Crippen LogP contribution in [0.5, 0.6) is 0 Å². The minimum Gasteiger partial charge on any atom is -0.309 e. The second-order valence-electron chi connectivity index (χ2n) is 6.63. The third kappa shape index (κ3) is 5.12. The summed E-state index contributed by atoms with van der Waals surface area (Å²) in [7, 11) is 1.70. The highest BCUT2D eigenvalue weighted by atomic mass is 19.1. The van der Waals surface area contributed by atoms with Crippen LogP contribution in [-0.2, 0) is 0 Å². The molecule has 1 atom stereocenters. The molecule has 0 aliphatic rings. The number of aromatic nitrogens is 4. The van der Waals surface area contributed by atoms with Crippen LogP contribution in [0.25, 0.3) is 23.2 Å². The molecular formula is C21H27F2N5. The Bertz CT molecular complexity index is 957. The zero-order valence-corrected chi connectivity index (χ0v) is 17.0. The van der Waals surface area contributed by atoms with Gasteiger partial charge in [0.15, 0.2) is 0 Å². The third-order valence-corrected chi connectivity index (χ3v) is 4.15. The van der Waals surface area contributed by atoms with Crippen molar-refractivity contribution in [2.45, 2.75) is 40.3 Å². The quantitative estimate of drug-likeness (QED) is 0.653. The topological polar surface area (TPSA) is 48.0 Å². The van der Waals surface area contributed by atoms with E-state index in [0.29, 0.717) is 6.42 Å². The first kappa shape index (κ1) is 21.5. The van der Waals surface area contributed by atoms with Crippen LogP contribution in [0.3, 0.4) is 0 Å². The molecule has 5 nitrogen and oxygen atoms in total. The van der Waals surface area contributed by atoms with Crippen molar-refractivity contribution in [2.24, 2.45) is 4.99 Å². The Balaban J connectivity index is 2.51. The van der Waals surface area contributed by atoms with Crippen molar-refractivity contribution >= 4 is 11.9 Å². The molecule has 0 saturated heterocycles. The SMILES string of the molecule is CN=c1ccc(-c2nnn(C(/C=C\C(C)F)=C(C)C)c2C)cn1/C=C/CCF. The van der Waals surface area contributed by atoms with Crippen LogP contribution in [0, 0.1) is 6.92 Å². The van der Waals surface area contributed by atoms with Gasteiger partial charge in [-0.05, 0) is 58.4 Å². The van der Waals surface area contributed by atoms with E-state index >= 15 is 0 Å². The van der Waals surface area contributed by atoms with Crippen molar-refractivity contribution in [3.05, 3.63) is 53.3 Å². The Morgan fingerprint density at radius 2 is 2.07 bits per heavy atom. The molecule has 0 fully saturated rings. The Kier molecular flexibility index (Phi) is 7.61. The molecule has 28 heavy (non-hydrogen) atoms. The Morgan fingerprint density at radius 3 is 2.68 bits per heavy atom. The Hall–Kier alpha value is -2.83. The fourth-order valence-corrected chi connectivity index (χ4v) is 2.71. The van der Waals surface area contributed by atoms with Gasteiger partial charge in [0.05, 0.1) is 18.1 Å². The van der Waals surface area contributed by atoms with Crippen LogP contribution in [0.2, 0.25) is 0 Å². The van der Waals surface area contributed by atoms with Gasteiger partial charge >= 0.3 is 0 Å². The van der Waals surface area contributed by atoms with Crippen molar-refractivity contribution in [1.82, 2.24) is 19.6 Å². The molecule has 0 bridgehead atoms. The van der Waals surface area contributed by atoms with Crippen LogP contribution in [-0.4, -0.2) is 39.5 Å². The van der Waals surface area contributed by atoms with Gasteiger partial charge in [0.25, 0.3) is 0 Å². The van der Waals surface area contributed by atoms with Gasteiger partial charge in [-0.2, -0.15) is 0 Å². The van der Waals surface area contributed by atoms with E-state index in [4.69, 9.17) is 0 Å². The highest BCUT2D eigenvalue weighted by Gasteiger charge is 2.14. The van der Waals surface area contributed by atoms with Gasteiger partial charge in [0.1, 0.15) is 17.4 Å². The van der Waals surface area contributed by atoms with E-state index in [9.17, 15) is 8.78 Å². The lowest BCUT2D eigenvalue weighted by atomic mass is 10.1. The number of alkyl halides is 2. The minimum absolute atomic E-state index is 0.346. The van der Waals surface area contributed by atoms with E-state index in [1.165, 1.54) is 13.0 Å². The van der Waals surface area contributed by atoms with E-state index in [1.54, 1.807) is 30.1 Å². The van der Waals surface area contributed by atoms with E-state index in [1.807, 2.05) is 43.7 Å². The highest BCUT2D eigenvalue weighted by Crippen LogP contribution is 2.23. The second kappa shape index (κ2) is 9.92. The monoisotopic (exact) mass is 387 g/mol. The Morgan fingerprint density at radius 1 is 1.32 bits per heavy atom. The van der Waals surface area contributed by atoms with Crippen molar-refractivity contribution in [2.75, 3.05) is 13.7 Å². The molecule has 0 radical (unpaired) electrons. The molecule has 0 aliphatic carbocycles. The summed E-state index contributed by atoms with van der Waals surface area (Å²) in [5.41, 5.74) is 4.95. The lowest BCUT2D eigenvalue weighted by Crippen LogP contribution is -2.15. The van der Waals surface area contributed by atoms with Gasteiger partial charge in [0, 0.05) is 25.0 Å². The molecule has 2 aromatic heterocycles. The van der Waals surface area contributed by atoms with Gasteiger partial charge in [-0.3, -0.25) is 9.38 Å². The van der Waals surface area contributed by atoms with Crippen molar-refractivity contribution in [1.29, 1.82) is 0 Å². The molecule has 0 amide bonds. The number of halogens is 2. The van der Waals surface area contributed by atoms with Crippen molar-refractivity contribution in [3.63, 3.8) is 0 Å². The predicted octanol–water partition coefficient (Wildman–Crippen LogP) is 4.58. The molecule has 0 aromatic carbocycles. The van der Waals surface area contributed by atoms with E-state index < -0.39 is 12.8 Å². The zero-order valence-electron chi connectivity index (χ0n) is 17.0. The average molecular weight is 387 g/mol. The first-order valence-electron chi connectivity index (χ1n) is 9.19. The largest absolute Gasteiger partial charge is 0.309 e. The number of pyridine rings is 1. The molecule has 0 spiro atoms. The van der Waals surface area contributed by atoms with Crippen LogP contribution in [0.4, 0.5) is 8.78 Å². The van der Waals surface area contributed by atoms with Gasteiger partial charge in [-0.1, -0.05) is 16.9 Å². The van der Waals surface area contributed by atoms with Crippen LogP contribution < -0.4 is 5.49 Å². The smallest absolute Gasteiger partial charge is 0.131 e. The summed E-state index contributed by atoms with van der Waals surface area (Å²) in [5, 5.41) is 8.61. The second-order valence-corrected chi connectivity index (χ2v) is 6.63. The Labute approximate surface area is 164 Å². The fraction of sp³-hybridized carbons (Fsp3) is 0.381. The molecule has 1 unspecified atom stereocenters. The normalized spacial score (nSPS) is 13.6. The van der Waals surface area contributed by atoms with Gasteiger partial charge < -0.3 is 4.57 Å². The van der Waals surface area contributed by atoms with Crippen molar-refractivity contribution in [3.8, 4) is 11.3 Å². The van der Waals surface area contributed by atoms with Crippen LogP contribution >= 0.6 is 0 Å². The number of hydrogen-bond acceptors (Lipinski definition) is 3. The number of allylic oxidation sites excluding steroid dienone is 5. The summed E-state index contributed by atoms with van der Waals surface area (Å²) < 4.78 is 29.2. The molecular weight excluding hydrogens is 360 g/mol. The van der Waals surface area contributed by atoms with E-state index in [2.05, 4.69) is 15.3 Å². The summed E-state index contributed by atoms with van der Waals surface area (Å²) in [6.45, 7) is 6.90. The fourth-order valence-electron chi connectivity index (χ4n) is 2.71. The number of rotatable bonds is 7. The standard InChI is InChI=1S/C21H27F2N5/c1-15(2)19(10-8-16(3)23)28-17(4)21(25-26-28)18-9-11-20(24-5)27(14-18)13-7-6-12-22/h7-11,13-14,16H,6,12H2,1-5H3/b10-8-,13-7+,24-20?.